The van der Waals surface area contributed by atoms with Crippen molar-refractivity contribution >= 4 is 0 Å². The summed E-state index contributed by atoms with van der Waals surface area (Å²) in [6, 6.07) is 0.753. The lowest BCUT2D eigenvalue weighted by atomic mass is 9.96. The fraction of sp³-hybridized carbons (Fsp3) is 0.833. The van der Waals surface area contributed by atoms with Gasteiger partial charge in [0.1, 0.15) is 0 Å². The summed E-state index contributed by atoms with van der Waals surface area (Å²) >= 11 is 0. The highest BCUT2D eigenvalue weighted by molar-refractivity contribution is 5.03. The van der Waals surface area contributed by atoms with Crippen molar-refractivity contribution in [1.29, 1.82) is 0 Å². The average molecular weight is 209 g/mol. The van der Waals surface area contributed by atoms with Gasteiger partial charge in [0.2, 0.25) is 0 Å². The van der Waals surface area contributed by atoms with Crippen LogP contribution in [0.15, 0.2) is 12.3 Å². The van der Waals surface area contributed by atoms with Gasteiger partial charge in [-0.1, -0.05) is 6.58 Å². The zero-order valence-electron chi connectivity index (χ0n) is 10.2. The summed E-state index contributed by atoms with van der Waals surface area (Å²) in [5.74, 6) is 0. The molecule has 2 heterocycles. The molecule has 0 unspecified atom stereocenters. The fourth-order valence-electron chi connectivity index (χ4n) is 2.30. The normalized spacial score (nSPS) is 26.2. The third kappa shape index (κ3) is 2.34. The first kappa shape index (κ1) is 11.0. The van der Waals surface area contributed by atoms with Crippen LogP contribution < -0.4 is 5.32 Å². The highest BCUT2D eigenvalue weighted by atomic mass is 15.4. The second-order valence-electron chi connectivity index (χ2n) is 5.73. The summed E-state index contributed by atoms with van der Waals surface area (Å²) in [4.78, 5) is 5.10. The van der Waals surface area contributed by atoms with Crippen LogP contribution in [0, 0.1) is 0 Å². The van der Waals surface area contributed by atoms with Crippen molar-refractivity contribution in [2.45, 2.75) is 32.4 Å². The number of likely N-dealkylation sites (tertiary alicyclic amines) is 1. The first-order chi connectivity index (χ1) is 6.97. The fourth-order valence-corrected chi connectivity index (χ4v) is 2.30. The molecule has 0 aliphatic carbocycles. The molecule has 2 fully saturated rings. The van der Waals surface area contributed by atoms with E-state index in [-0.39, 0.29) is 0 Å². The quantitative estimate of drug-likeness (QED) is 0.692. The molecule has 0 saturated carbocycles. The molecule has 1 N–H and O–H groups in total. The lowest BCUT2D eigenvalue weighted by molar-refractivity contribution is -0.0219. The molecule has 3 heteroatoms. The summed E-state index contributed by atoms with van der Waals surface area (Å²) in [5.41, 5.74) is 1.51. The molecule has 2 rings (SSSR count). The number of hydrogen-bond donors (Lipinski definition) is 1. The van der Waals surface area contributed by atoms with Crippen molar-refractivity contribution < 1.29 is 0 Å². The molecule has 0 atom stereocenters. The second-order valence-corrected chi connectivity index (χ2v) is 5.73. The molecule has 2 aliphatic heterocycles. The molecule has 0 aromatic carbocycles. The van der Waals surface area contributed by atoms with Gasteiger partial charge in [0.25, 0.3) is 0 Å². The largest absolute Gasteiger partial charge is 0.386 e. The SMILES string of the molecule is C=C1CN(C2CN(C(C)(C)C)C2)CCN1. The van der Waals surface area contributed by atoms with Crippen molar-refractivity contribution in [2.24, 2.45) is 0 Å². The van der Waals surface area contributed by atoms with Gasteiger partial charge in [-0.25, -0.2) is 0 Å². The van der Waals surface area contributed by atoms with Crippen LogP contribution >= 0.6 is 0 Å². The first-order valence-corrected chi connectivity index (χ1v) is 5.87. The van der Waals surface area contributed by atoms with Crippen LogP contribution in [0.4, 0.5) is 0 Å². The third-order valence-electron chi connectivity index (χ3n) is 3.50. The Balaban J connectivity index is 1.81. The molecule has 86 valence electrons. The number of piperazine rings is 1. The van der Waals surface area contributed by atoms with E-state index in [0.29, 0.717) is 5.54 Å². The second kappa shape index (κ2) is 3.80. The van der Waals surface area contributed by atoms with E-state index in [9.17, 15) is 0 Å². The number of nitrogens with one attached hydrogen (secondary N) is 1. The van der Waals surface area contributed by atoms with E-state index in [1.165, 1.54) is 25.3 Å². The number of nitrogens with zero attached hydrogens (tertiary/aromatic N) is 2. The van der Waals surface area contributed by atoms with Gasteiger partial charge in [-0.05, 0) is 20.8 Å². The Kier molecular flexibility index (Phi) is 2.77. The van der Waals surface area contributed by atoms with E-state index in [4.69, 9.17) is 0 Å². The molecule has 0 amide bonds. The molecular weight excluding hydrogens is 186 g/mol. The van der Waals surface area contributed by atoms with Crippen LogP contribution in [0.5, 0.6) is 0 Å². The first-order valence-electron chi connectivity index (χ1n) is 5.87. The van der Waals surface area contributed by atoms with Gasteiger partial charge in [-0.2, -0.15) is 0 Å². The van der Waals surface area contributed by atoms with E-state index in [1.807, 2.05) is 0 Å². The molecule has 0 aromatic rings. The smallest absolute Gasteiger partial charge is 0.0380 e. The van der Waals surface area contributed by atoms with Gasteiger partial charge in [-0.15, -0.1) is 0 Å². The van der Waals surface area contributed by atoms with Crippen LogP contribution in [-0.4, -0.2) is 54.1 Å². The van der Waals surface area contributed by atoms with Gasteiger partial charge < -0.3 is 5.32 Å². The summed E-state index contributed by atoms with van der Waals surface area (Å²) in [6.07, 6.45) is 0. The van der Waals surface area contributed by atoms with Crippen LogP contribution in [0.2, 0.25) is 0 Å². The molecule has 3 nitrogen and oxygen atoms in total. The van der Waals surface area contributed by atoms with Gasteiger partial charge in [-0.3, -0.25) is 9.80 Å². The maximum absolute atomic E-state index is 4.01. The van der Waals surface area contributed by atoms with Crippen LogP contribution in [-0.2, 0) is 0 Å². The maximum Gasteiger partial charge on any atom is 0.0380 e. The van der Waals surface area contributed by atoms with E-state index in [1.54, 1.807) is 0 Å². The van der Waals surface area contributed by atoms with Crippen LogP contribution in [0.25, 0.3) is 0 Å². The minimum atomic E-state index is 0.335. The zero-order chi connectivity index (χ0) is 11.1. The predicted octanol–water partition coefficient (Wildman–Crippen LogP) is 0.888. The van der Waals surface area contributed by atoms with E-state index < -0.39 is 0 Å². The summed E-state index contributed by atoms with van der Waals surface area (Å²) in [6.45, 7) is 16.6. The molecule has 2 saturated heterocycles. The molecule has 0 spiro atoms. The van der Waals surface area contributed by atoms with E-state index in [0.717, 1.165) is 19.1 Å². The summed E-state index contributed by atoms with van der Waals surface area (Å²) < 4.78 is 0. The minimum Gasteiger partial charge on any atom is -0.386 e. The number of hydrogen-bond acceptors (Lipinski definition) is 3. The Morgan fingerprint density at radius 2 is 2.00 bits per heavy atom. The highest BCUT2D eigenvalue weighted by Crippen LogP contribution is 2.24. The Bertz CT molecular complexity index is 248. The van der Waals surface area contributed by atoms with E-state index >= 15 is 0 Å². The van der Waals surface area contributed by atoms with Gasteiger partial charge in [0.05, 0.1) is 0 Å². The van der Waals surface area contributed by atoms with Crippen molar-refractivity contribution in [2.75, 3.05) is 32.7 Å². The molecular formula is C12H23N3. The monoisotopic (exact) mass is 209 g/mol. The maximum atomic E-state index is 4.01. The zero-order valence-corrected chi connectivity index (χ0v) is 10.2. The molecule has 0 aromatic heterocycles. The summed E-state index contributed by atoms with van der Waals surface area (Å²) in [7, 11) is 0. The van der Waals surface area contributed by atoms with Gasteiger partial charge in [0, 0.05) is 50.0 Å². The predicted molar refractivity (Wildman–Crippen MR) is 63.8 cm³/mol. The topological polar surface area (TPSA) is 18.5 Å². The molecule has 2 aliphatic rings. The third-order valence-corrected chi connectivity index (χ3v) is 3.50. The van der Waals surface area contributed by atoms with Crippen molar-refractivity contribution in [3.63, 3.8) is 0 Å². The van der Waals surface area contributed by atoms with Gasteiger partial charge in [0.15, 0.2) is 0 Å². The highest BCUT2D eigenvalue weighted by Gasteiger charge is 2.37. The lowest BCUT2D eigenvalue weighted by Gasteiger charge is -2.52. The van der Waals surface area contributed by atoms with Crippen LogP contribution in [0.3, 0.4) is 0 Å². The van der Waals surface area contributed by atoms with Crippen molar-refractivity contribution in [1.82, 2.24) is 15.1 Å². The Morgan fingerprint density at radius 1 is 1.33 bits per heavy atom. The van der Waals surface area contributed by atoms with Crippen molar-refractivity contribution in [3.05, 3.63) is 12.3 Å². The standard InChI is InChI=1S/C12H23N3/c1-10-7-14(6-5-13-10)11-8-15(9-11)12(2,3)4/h11,13H,1,5-9H2,2-4H3. The Hall–Kier alpha value is -0.540. The lowest BCUT2D eigenvalue weighted by Crippen LogP contribution is -2.66. The molecule has 0 radical (unpaired) electrons. The average Bonchev–Trinajstić information content (AvgIpc) is 1.97. The molecule has 0 bridgehead atoms. The number of rotatable bonds is 1. The Morgan fingerprint density at radius 3 is 2.53 bits per heavy atom. The Labute approximate surface area is 93.1 Å². The molecule has 15 heavy (non-hydrogen) atoms. The minimum absolute atomic E-state index is 0.335. The van der Waals surface area contributed by atoms with Crippen LogP contribution in [0.1, 0.15) is 20.8 Å². The van der Waals surface area contributed by atoms with Crippen molar-refractivity contribution in [3.8, 4) is 0 Å². The van der Waals surface area contributed by atoms with Gasteiger partial charge >= 0.3 is 0 Å². The summed E-state index contributed by atoms with van der Waals surface area (Å²) in [5, 5.41) is 3.31. The van der Waals surface area contributed by atoms with E-state index in [2.05, 4.69) is 42.5 Å².